The second kappa shape index (κ2) is 8.02. The van der Waals surface area contributed by atoms with Crippen molar-refractivity contribution in [3.63, 3.8) is 0 Å². The Morgan fingerprint density at radius 3 is 2.40 bits per heavy atom. The Hall–Kier alpha value is -3.26. The minimum absolute atomic E-state index is 0.00666. The van der Waals surface area contributed by atoms with E-state index in [1.807, 2.05) is 38.1 Å². The van der Waals surface area contributed by atoms with Gasteiger partial charge in [0.25, 0.3) is 5.91 Å². The van der Waals surface area contributed by atoms with Crippen LogP contribution in [0.5, 0.6) is 11.5 Å². The molecule has 0 aliphatic heterocycles. The van der Waals surface area contributed by atoms with E-state index < -0.39 is 5.91 Å². The molecule has 5 heteroatoms. The molecular formula is C20H20N2O3. The minimum atomic E-state index is -0.454. The van der Waals surface area contributed by atoms with Crippen molar-refractivity contribution in [2.45, 2.75) is 13.8 Å². The summed E-state index contributed by atoms with van der Waals surface area (Å²) in [6.07, 6.45) is 1.51. The van der Waals surface area contributed by atoms with Crippen LogP contribution in [-0.4, -0.2) is 20.1 Å². The molecule has 0 unspecified atom stereocenters. The second-order valence-electron chi connectivity index (χ2n) is 5.56. The van der Waals surface area contributed by atoms with E-state index in [4.69, 9.17) is 9.47 Å². The van der Waals surface area contributed by atoms with Crippen LogP contribution in [-0.2, 0) is 4.79 Å². The van der Waals surface area contributed by atoms with Gasteiger partial charge in [-0.05, 0) is 49.2 Å². The van der Waals surface area contributed by atoms with E-state index in [0.29, 0.717) is 22.7 Å². The van der Waals surface area contributed by atoms with Gasteiger partial charge in [-0.2, -0.15) is 5.26 Å². The third-order valence-corrected chi connectivity index (χ3v) is 3.71. The van der Waals surface area contributed by atoms with E-state index in [1.54, 1.807) is 25.3 Å². The summed E-state index contributed by atoms with van der Waals surface area (Å²) in [6.45, 7) is 3.89. The number of nitriles is 1. The smallest absolute Gasteiger partial charge is 0.266 e. The summed E-state index contributed by atoms with van der Waals surface area (Å²) < 4.78 is 10.4. The third kappa shape index (κ3) is 4.39. The molecule has 5 nitrogen and oxygen atoms in total. The highest BCUT2D eigenvalue weighted by Gasteiger charge is 2.12. The number of nitrogens with one attached hydrogen (secondary N) is 1. The standard InChI is InChI=1S/C20H20N2O3/c1-13-5-7-17(14(2)9-13)22-20(23)16(12-21)10-15-6-8-18(24-3)19(11-15)25-4/h5-11H,1-4H3,(H,22,23). The van der Waals surface area contributed by atoms with Crippen LogP contribution in [0.25, 0.3) is 6.08 Å². The summed E-state index contributed by atoms with van der Waals surface area (Å²) in [6, 6.07) is 12.8. The molecule has 2 aromatic rings. The van der Waals surface area contributed by atoms with Gasteiger partial charge in [0, 0.05) is 5.69 Å². The molecule has 1 amide bonds. The molecule has 0 aromatic heterocycles. The van der Waals surface area contributed by atoms with Crippen molar-refractivity contribution in [2.75, 3.05) is 19.5 Å². The number of rotatable bonds is 5. The molecule has 2 aromatic carbocycles. The van der Waals surface area contributed by atoms with E-state index in [2.05, 4.69) is 5.32 Å². The molecule has 0 saturated carbocycles. The summed E-state index contributed by atoms with van der Waals surface area (Å²) in [5.74, 6) is 0.658. The van der Waals surface area contributed by atoms with Crippen molar-refractivity contribution in [1.29, 1.82) is 5.26 Å². The Balaban J connectivity index is 2.28. The first kappa shape index (κ1) is 18.1. The predicted octanol–water partition coefficient (Wildman–Crippen LogP) is 3.87. The number of benzene rings is 2. The molecule has 0 saturated heterocycles. The normalized spacial score (nSPS) is 10.8. The van der Waals surface area contributed by atoms with Crippen LogP contribution in [0.1, 0.15) is 16.7 Å². The van der Waals surface area contributed by atoms with Gasteiger partial charge in [0.1, 0.15) is 11.6 Å². The van der Waals surface area contributed by atoms with Gasteiger partial charge in [0.05, 0.1) is 14.2 Å². The van der Waals surface area contributed by atoms with E-state index in [-0.39, 0.29) is 5.57 Å². The van der Waals surface area contributed by atoms with Gasteiger partial charge in [0.15, 0.2) is 11.5 Å². The van der Waals surface area contributed by atoms with Crippen molar-refractivity contribution in [3.05, 3.63) is 58.7 Å². The number of amides is 1. The molecule has 0 spiro atoms. The molecule has 25 heavy (non-hydrogen) atoms. The average molecular weight is 336 g/mol. The second-order valence-corrected chi connectivity index (χ2v) is 5.56. The molecule has 0 fully saturated rings. The Bertz CT molecular complexity index is 864. The maximum atomic E-state index is 12.4. The zero-order valence-electron chi connectivity index (χ0n) is 14.7. The Morgan fingerprint density at radius 1 is 1.08 bits per heavy atom. The number of nitrogens with zero attached hydrogens (tertiary/aromatic N) is 1. The van der Waals surface area contributed by atoms with Crippen LogP contribution in [0.3, 0.4) is 0 Å². The Morgan fingerprint density at radius 2 is 1.80 bits per heavy atom. The molecule has 1 N–H and O–H groups in total. The highest BCUT2D eigenvalue weighted by atomic mass is 16.5. The maximum Gasteiger partial charge on any atom is 0.266 e. The number of aryl methyl sites for hydroxylation is 2. The fourth-order valence-corrected chi connectivity index (χ4v) is 2.40. The summed E-state index contributed by atoms with van der Waals surface area (Å²) in [4.78, 5) is 12.4. The van der Waals surface area contributed by atoms with Crippen LogP contribution in [0.4, 0.5) is 5.69 Å². The largest absolute Gasteiger partial charge is 0.493 e. The van der Waals surface area contributed by atoms with Gasteiger partial charge < -0.3 is 14.8 Å². The molecule has 0 atom stereocenters. The third-order valence-electron chi connectivity index (χ3n) is 3.71. The number of methoxy groups -OCH3 is 2. The van der Waals surface area contributed by atoms with Gasteiger partial charge >= 0.3 is 0 Å². The minimum Gasteiger partial charge on any atom is -0.493 e. The zero-order valence-corrected chi connectivity index (χ0v) is 14.7. The molecule has 0 aliphatic carbocycles. The van der Waals surface area contributed by atoms with E-state index in [9.17, 15) is 10.1 Å². The Labute approximate surface area is 147 Å². The highest BCUT2D eigenvalue weighted by Crippen LogP contribution is 2.28. The number of carbonyl (C=O) groups is 1. The van der Waals surface area contributed by atoms with E-state index in [1.165, 1.54) is 13.2 Å². The van der Waals surface area contributed by atoms with E-state index >= 15 is 0 Å². The fraction of sp³-hybridized carbons (Fsp3) is 0.200. The van der Waals surface area contributed by atoms with Crippen molar-refractivity contribution >= 4 is 17.7 Å². The number of hydrogen-bond donors (Lipinski definition) is 1. The zero-order chi connectivity index (χ0) is 18.4. The molecule has 0 aliphatic rings. The van der Waals surface area contributed by atoms with Crippen molar-refractivity contribution in [2.24, 2.45) is 0 Å². The topological polar surface area (TPSA) is 71.3 Å². The lowest BCUT2D eigenvalue weighted by Gasteiger charge is -2.09. The number of ether oxygens (including phenoxy) is 2. The van der Waals surface area contributed by atoms with Crippen LogP contribution in [0.2, 0.25) is 0 Å². The lowest BCUT2D eigenvalue weighted by Crippen LogP contribution is -2.14. The molecule has 0 heterocycles. The maximum absolute atomic E-state index is 12.4. The number of anilines is 1. The first-order valence-corrected chi connectivity index (χ1v) is 7.71. The lowest BCUT2D eigenvalue weighted by molar-refractivity contribution is -0.112. The number of carbonyl (C=O) groups excluding carboxylic acids is 1. The number of hydrogen-bond acceptors (Lipinski definition) is 4. The van der Waals surface area contributed by atoms with Crippen LogP contribution < -0.4 is 14.8 Å². The monoisotopic (exact) mass is 336 g/mol. The molecule has 0 bridgehead atoms. The summed E-state index contributed by atoms with van der Waals surface area (Å²) in [5.41, 5.74) is 3.41. The first-order valence-electron chi connectivity index (χ1n) is 7.71. The van der Waals surface area contributed by atoms with Gasteiger partial charge in [-0.25, -0.2) is 0 Å². The lowest BCUT2D eigenvalue weighted by atomic mass is 10.1. The van der Waals surface area contributed by atoms with E-state index in [0.717, 1.165) is 11.1 Å². The summed E-state index contributed by atoms with van der Waals surface area (Å²) in [7, 11) is 3.08. The van der Waals surface area contributed by atoms with Gasteiger partial charge in [0.2, 0.25) is 0 Å². The first-order chi connectivity index (χ1) is 12.0. The fourth-order valence-electron chi connectivity index (χ4n) is 2.40. The summed E-state index contributed by atoms with van der Waals surface area (Å²) >= 11 is 0. The quantitative estimate of drug-likeness (QED) is 0.665. The van der Waals surface area contributed by atoms with Gasteiger partial charge in [-0.15, -0.1) is 0 Å². The predicted molar refractivity (Wildman–Crippen MR) is 97.7 cm³/mol. The van der Waals surface area contributed by atoms with Crippen molar-refractivity contribution in [3.8, 4) is 17.6 Å². The molecule has 2 rings (SSSR count). The van der Waals surface area contributed by atoms with Gasteiger partial charge in [-0.1, -0.05) is 23.8 Å². The van der Waals surface area contributed by atoms with Crippen LogP contribution >= 0.6 is 0 Å². The molecular weight excluding hydrogens is 316 g/mol. The average Bonchev–Trinajstić information content (AvgIpc) is 2.61. The Kier molecular flexibility index (Phi) is 5.80. The summed E-state index contributed by atoms with van der Waals surface area (Å²) in [5, 5.41) is 12.1. The van der Waals surface area contributed by atoms with Crippen LogP contribution in [0, 0.1) is 25.2 Å². The highest BCUT2D eigenvalue weighted by molar-refractivity contribution is 6.10. The van der Waals surface area contributed by atoms with Gasteiger partial charge in [-0.3, -0.25) is 4.79 Å². The molecule has 0 radical (unpaired) electrons. The van der Waals surface area contributed by atoms with Crippen molar-refractivity contribution in [1.82, 2.24) is 0 Å². The van der Waals surface area contributed by atoms with Crippen LogP contribution in [0.15, 0.2) is 42.0 Å². The van der Waals surface area contributed by atoms with Crippen molar-refractivity contribution < 1.29 is 14.3 Å². The SMILES string of the molecule is COc1ccc(C=C(C#N)C(=O)Nc2ccc(C)cc2C)cc1OC. The molecule has 128 valence electrons.